The Morgan fingerprint density at radius 1 is 0.432 bits per heavy atom. The Labute approximate surface area is 254 Å². The largest absolute Gasteiger partial charge is 0.457 e. The van der Waals surface area contributed by atoms with Crippen molar-refractivity contribution in [1.82, 2.24) is 0 Å². The van der Waals surface area contributed by atoms with Crippen LogP contribution in [-0.4, -0.2) is 23.9 Å². The Balaban J connectivity index is 1.51. The fourth-order valence-electron chi connectivity index (χ4n) is 5.11. The molecular formula is C36H30O8. The van der Waals surface area contributed by atoms with Gasteiger partial charge in [0.1, 0.15) is 23.0 Å². The third kappa shape index (κ3) is 5.24. The molecule has 4 aromatic carbocycles. The van der Waals surface area contributed by atoms with Gasteiger partial charge in [0.2, 0.25) is 0 Å². The predicted octanol–water partition coefficient (Wildman–Crippen LogP) is 8.15. The monoisotopic (exact) mass is 590 g/mol. The first kappa shape index (κ1) is 28.9. The summed E-state index contributed by atoms with van der Waals surface area (Å²) in [6.07, 6.45) is 0. The van der Waals surface area contributed by atoms with Gasteiger partial charge in [-0.1, -0.05) is 65.8 Å². The lowest BCUT2D eigenvalue weighted by Gasteiger charge is -2.20. The molecular weight excluding hydrogens is 560 g/mol. The van der Waals surface area contributed by atoms with E-state index in [4.69, 9.17) is 18.9 Å². The van der Waals surface area contributed by atoms with Gasteiger partial charge in [0, 0.05) is 11.1 Å². The number of esters is 4. The van der Waals surface area contributed by atoms with Gasteiger partial charge < -0.3 is 18.9 Å². The van der Waals surface area contributed by atoms with Gasteiger partial charge in [0.25, 0.3) is 0 Å². The predicted molar refractivity (Wildman–Crippen MR) is 162 cm³/mol. The fourth-order valence-corrected chi connectivity index (χ4v) is 5.11. The van der Waals surface area contributed by atoms with Crippen molar-refractivity contribution in [3.05, 3.63) is 106 Å². The smallest absolute Gasteiger partial charge is 0.347 e. The summed E-state index contributed by atoms with van der Waals surface area (Å²) in [6, 6.07) is 20.9. The highest BCUT2D eigenvalue weighted by Crippen LogP contribution is 2.45. The summed E-state index contributed by atoms with van der Waals surface area (Å²) < 4.78 is 22.4. The molecule has 0 bridgehead atoms. The molecule has 0 unspecified atom stereocenters. The Kier molecular flexibility index (Phi) is 6.68. The number of hydrogen-bond acceptors (Lipinski definition) is 8. The number of cyclic esters (lactones) is 4. The Morgan fingerprint density at radius 2 is 0.727 bits per heavy atom. The lowest BCUT2D eigenvalue weighted by Crippen LogP contribution is -2.10. The molecule has 0 saturated carbocycles. The maximum absolute atomic E-state index is 12.6. The van der Waals surface area contributed by atoms with Gasteiger partial charge in [0.15, 0.2) is 0 Å². The SMILES string of the molecule is CC(C)(C)c1ccc(Oc2cc3c(cc2-c2cc4c(cc2Oc2ccc(C(C)(C)C)cc2)C(=O)OC4=O)C(=O)OC3=O)cc1. The molecule has 0 atom stereocenters. The molecule has 4 aromatic rings. The lowest BCUT2D eigenvalue weighted by molar-refractivity contribution is 0.0425. The number of benzene rings is 4. The molecule has 44 heavy (non-hydrogen) atoms. The average molecular weight is 591 g/mol. The van der Waals surface area contributed by atoms with Gasteiger partial charge >= 0.3 is 23.9 Å². The van der Waals surface area contributed by atoms with E-state index in [9.17, 15) is 19.2 Å². The van der Waals surface area contributed by atoms with E-state index in [-0.39, 0.29) is 44.6 Å². The Morgan fingerprint density at radius 3 is 1.02 bits per heavy atom. The average Bonchev–Trinajstić information content (AvgIpc) is 3.39. The van der Waals surface area contributed by atoms with E-state index in [0.29, 0.717) is 22.6 Å². The molecule has 222 valence electrons. The summed E-state index contributed by atoms with van der Waals surface area (Å²) in [4.78, 5) is 50.2. The van der Waals surface area contributed by atoms with Crippen LogP contribution in [0.2, 0.25) is 0 Å². The highest BCUT2D eigenvalue weighted by atomic mass is 16.6. The van der Waals surface area contributed by atoms with E-state index in [1.807, 2.05) is 48.5 Å². The van der Waals surface area contributed by atoms with Crippen LogP contribution in [-0.2, 0) is 20.3 Å². The van der Waals surface area contributed by atoms with E-state index in [1.165, 1.54) is 24.3 Å². The molecule has 0 aliphatic carbocycles. The van der Waals surface area contributed by atoms with E-state index in [2.05, 4.69) is 41.5 Å². The summed E-state index contributed by atoms with van der Waals surface area (Å²) in [7, 11) is 0. The van der Waals surface area contributed by atoms with Crippen LogP contribution in [0.5, 0.6) is 23.0 Å². The summed E-state index contributed by atoms with van der Waals surface area (Å²) in [5.41, 5.74) is 2.92. The van der Waals surface area contributed by atoms with Gasteiger partial charge in [0.05, 0.1) is 22.3 Å². The first-order valence-electron chi connectivity index (χ1n) is 14.2. The summed E-state index contributed by atoms with van der Waals surface area (Å²) in [5.74, 6) is -1.80. The molecule has 0 aromatic heterocycles. The first-order valence-corrected chi connectivity index (χ1v) is 14.2. The summed E-state index contributed by atoms with van der Waals surface area (Å²) in [5, 5.41) is 0. The second-order valence-corrected chi connectivity index (χ2v) is 12.9. The molecule has 8 heteroatoms. The van der Waals surface area contributed by atoms with Crippen LogP contribution in [0, 0.1) is 0 Å². The van der Waals surface area contributed by atoms with Crippen molar-refractivity contribution in [3.63, 3.8) is 0 Å². The molecule has 0 spiro atoms. The summed E-state index contributed by atoms with van der Waals surface area (Å²) >= 11 is 0. The van der Waals surface area contributed by atoms with Gasteiger partial charge in [-0.3, -0.25) is 0 Å². The molecule has 0 radical (unpaired) electrons. The van der Waals surface area contributed by atoms with Crippen molar-refractivity contribution in [2.45, 2.75) is 52.4 Å². The molecule has 0 fully saturated rings. The number of rotatable bonds is 5. The van der Waals surface area contributed by atoms with Crippen LogP contribution in [0.3, 0.4) is 0 Å². The van der Waals surface area contributed by atoms with Crippen molar-refractivity contribution in [3.8, 4) is 34.1 Å². The molecule has 6 rings (SSSR count). The van der Waals surface area contributed by atoms with Crippen LogP contribution >= 0.6 is 0 Å². The lowest BCUT2D eigenvalue weighted by atomic mass is 9.87. The molecule has 8 nitrogen and oxygen atoms in total. The third-order valence-electron chi connectivity index (χ3n) is 7.68. The second-order valence-electron chi connectivity index (χ2n) is 12.9. The highest BCUT2D eigenvalue weighted by Gasteiger charge is 2.35. The molecule has 2 aliphatic rings. The standard InChI is InChI=1S/C36H30O8/c1-35(2,3)19-7-11-21(12-8-19)41-29-17-27-25(31(37)43-33(27)39)15-23(29)24-16-26-28(34(40)44-32(26)38)18-30(24)42-22-13-9-20(10-14-22)36(4,5)6/h7-18H,1-6H3. The van der Waals surface area contributed by atoms with Gasteiger partial charge in [-0.15, -0.1) is 0 Å². The minimum absolute atomic E-state index is 0.0417. The molecule has 0 saturated heterocycles. The van der Waals surface area contributed by atoms with Crippen LogP contribution in [0.15, 0.2) is 72.8 Å². The number of fused-ring (bicyclic) bond motifs is 2. The van der Waals surface area contributed by atoms with E-state index in [0.717, 1.165) is 11.1 Å². The van der Waals surface area contributed by atoms with Crippen LogP contribution < -0.4 is 9.47 Å². The quantitative estimate of drug-likeness (QED) is 0.169. The third-order valence-corrected chi connectivity index (χ3v) is 7.68. The zero-order valence-electron chi connectivity index (χ0n) is 25.2. The van der Waals surface area contributed by atoms with E-state index >= 15 is 0 Å². The number of carbonyl (C=O) groups excluding carboxylic acids is 4. The maximum Gasteiger partial charge on any atom is 0.347 e. The van der Waals surface area contributed by atoms with Crippen molar-refractivity contribution in [2.75, 3.05) is 0 Å². The van der Waals surface area contributed by atoms with Crippen LogP contribution in [0.1, 0.15) is 94.1 Å². The van der Waals surface area contributed by atoms with Crippen molar-refractivity contribution in [1.29, 1.82) is 0 Å². The van der Waals surface area contributed by atoms with Gasteiger partial charge in [-0.2, -0.15) is 0 Å². The second kappa shape index (κ2) is 10.2. The van der Waals surface area contributed by atoms with Crippen molar-refractivity contribution < 1.29 is 38.1 Å². The Hall–Kier alpha value is -5.24. The minimum atomic E-state index is -0.802. The zero-order chi connectivity index (χ0) is 31.6. The van der Waals surface area contributed by atoms with Crippen molar-refractivity contribution >= 4 is 23.9 Å². The van der Waals surface area contributed by atoms with Gasteiger partial charge in [-0.25, -0.2) is 19.2 Å². The maximum atomic E-state index is 12.6. The number of ether oxygens (including phenoxy) is 4. The molecule has 2 heterocycles. The highest BCUT2D eigenvalue weighted by molar-refractivity contribution is 6.17. The first-order chi connectivity index (χ1) is 20.7. The Bertz CT molecular complexity index is 1730. The van der Waals surface area contributed by atoms with Crippen molar-refractivity contribution in [2.24, 2.45) is 0 Å². The molecule has 0 N–H and O–H groups in total. The number of hydrogen-bond donors (Lipinski definition) is 0. The zero-order valence-corrected chi connectivity index (χ0v) is 25.2. The fraction of sp³-hybridized carbons (Fsp3) is 0.222. The number of carbonyl (C=O) groups is 4. The van der Waals surface area contributed by atoms with E-state index in [1.54, 1.807) is 0 Å². The minimum Gasteiger partial charge on any atom is -0.457 e. The molecule has 0 amide bonds. The topological polar surface area (TPSA) is 105 Å². The van der Waals surface area contributed by atoms with Crippen LogP contribution in [0.25, 0.3) is 11.1 Å². The van der Waals surface area contributed by atoms with Gasteiger partial charge in [-0.05, 0) is 70.5 Å². The normalized spacial score (nSPS) is 14.2. The molecule has 2 aliphatic heterocycles. The van der Waals surface area contributed by atoms with E-state index < -0.39 is 23.9 Å². The van der Waals surface area contributed by atoms with Crippen LogP contribution in [0.4, 0.5) is 0 Å². The summed E-state index contributed by atoms with van der Waals surface area (Å²) in [6.45, 7) is 12.6.